The third kappa shape index (κ3) is 4.47. The molecule has 1 saturated carbocycles. The van der Waals surface area contributed by atoms with Crippen molar-refractivity contribution in [1.82, 2.24) is 5.32 Å². The van der Waals surface area contributed by atoms with Crippen LogP contribution < -0.4 is 5.32 Å². The van der Waals surface area contributed by atoms with Crippen molar-refractivity contribution in [3.63, 3.8) is 0 Å². The van der Waals surface area contributed by atoms with Crippen LogP contribution in [0.3, 0.4) is 0 Å². The Hall–Kier alpha value is -0.890. The molecule has 1 atom stereocenters. The van der Waals surface area contributed by atoms with Crippen LogP contribution >= 0.6 is 0 Å². The minimum Gasteiger partial charge on any atom is -0.314 e. The van der Waals surface area contributed by atoms with Gasteiger partial charge < -0.3 is 5.32 Å². The molecule has 17 heavy (non-hydrogen) atoms. The molecule has 0 bridgehead atoms. The molecule has 1 unspecified atom stereocenters. The minimum atomic E-state index is -0.125. The van der Waals surface area contributed by atoms with Crippen LogP contribution in [0.4, 0.5) is 4.39 Å². The minimum absolute atomic E-state index is 0.125. The van der Waals surface area contributed by atoms with Crippen LogP contribution in [-0.4, -0.2) is 12.6 Å². The van der Waals surface area contributed by atoms with Gasteiger partial charge in [-0.1, -0.05) is 31.9 Å². The highest BCUT2D eigenvalue weighted by Gasteiger charge is 2.22. The van der Waals surface area contributed by atoms with Crippen LogP contribution in [0.25, 0.3) is 0 Å². The van der Waals surface area contributed by atoms with Gasteiger partial charge in [0.2, 0.25) is 0 Å². The topological polar surface area (TPSA) is 12.0 Å². The second kappa shape index (κ2) is 6.15. The molecule has 1 N–H and O–H groups in total. The van der Waals surface area contributed by atoms with Gasteiger partial charge in [0, 0.05) is 6.04 Å². The molecule has 0 aliphatic heterocycles. The molecule has 0 radical (unpaired) electrons. The van der Waals surface area contributed by atoms with E-state index in [1.807, 2.05) is 6.07 Å². The fraction of sp³-hybridized carbons (Fsp3) is 0.600. The van der Waals surface area contributed by atoms with E-state index in [2.05, 4.69) is 12.2 Å². The predicted molar refractivity (Wildman–Crippen MR) is 69.5 cm³/mol. The van der Waals surface area contributed by atoms with Gasteiger partial charge in [0.25, 0.3) is 0 Å². The summed E-state index contributed by atoms with van der Waals surface area (Å²) in [6.45, 7) is 3.13. The van der Waals surface area contributed by atoms with E-state index in [0.29, 0.717) is 6.04 Å². The van der Waals surface area contributed by atoms with Crippen LogP contribution in [0.5, 0.6) is 0 Å². The highest BCUT2D eigenvalue weighted by Crippen LogP contribution is 2.34. The third-order valence-corrected chi connectivity index (χ3v) is 3.48. The van der Waals surface area contributed by atoms with Crippen LogP contribution in [0, 0.1) is 11.7 Å². The number of nitrogens with one attached hydrogen (secondary N) is 1. The first-order valence-corrected chi connectivity index (χ1v) is 6.75. The Kier molecular flexibility index (Phi) is 4.55. The average molecular weight is 235 g/mol. The molecule has 0 aromatic heterocycles. The van der Waals surface area contributed by atoms with Crippen LogP contribution in [0.1, 0.15) is 38.2 Å². The summed E-state index contributed by atoms with van der Waals surface area (Å²) >= 11 is 0. The van der Waals surface area contributed by atoms with Gasteiger partial charge in [-0.25, -0.2) is 4.39 Å². The Morgan fingerprint density at radius 3 is 2.88 bits per heavy atom. The third-order valence-electron chi connectivity index (χ3n) is 3.48. The summed E-state index contributed by atoms with van der Waals surface area (Å²) in [5.74, 6) is 0.851. The van der Waals surface area contributed by atoms with Crippen molar-refractivity contribution in [3.05, 3.63) is 35.6 Å². The molecule has 0 spiro atoms. The van der Waals surface area contributed by atoms with E-state index >= 15 is 0 Å². The van der Waals surface area contributed by atoms with Crippen molar-refractivity contribution >= 4 is 0 Å². The molecule has 1 aliphatic carbocycles. The lowest BCUT2D eigenvalue weighted by molar-refractivity contribution is 0.461. The SMILES string of the molecule is CCNC(CCC1CC1)Cc1cccc(F)c1. The fourth-order valence-electron chi connectivity index (χ4n) is 2.36. The highest BCUT2D eigenvalue weighted by atomic mass is 19.1. The molecule has 94 valence electrons. The number of benzene rings is 1. The Bertz CT molecular complexity index is 347. The molecule has 0 amide bonds. The summed E-state index contributed by atoms with van der Waals surface area (Å²) < 4.78 is 13.1. The lowest BCUT2D eigenvalue weighted by atomic mass is 10.0. The summed E-state index contributed by atoms with van der Waals surface area (Å²) in [7, 11) is 0. The molecule has 1 aromatic rings. The normalized spacial score (nSPS) is 17.1. The zero-order valence-corrected chi connectivity index (χ0v) is 10.6. The monoisotopic (exact) mass is 235 g/mol. The zero-order chi connectivity index (χ0) is 12.1. The summed E-state index contributed by atoms with van der Waals surface area (Å²) in [6, 6.07) is 7.48. The Labute approximate surface area is 103 Å². The first-order valence-electron chi connectivity index (χ1n) is 6.75. The van der Waals surface area contributed by atoms with Crippen molar-refractivity contribution in [3.8, 4) is 0 Å². The Morgan fingerprint density at radius 1 is 1.41 bits per heavy atom. The van der Waals surface area contributed by atoms with E-state index in [1.165, 1.54) is 31.7 Å². The summed E-state index contributed by atoms with van der Waals surface area (Å²) in [5, 5.41) is 3.51. The quantitative estimate of drug-likeness (QED) is 0.762. The largest absolute Gasteiger partial charge is 0.314 e. The van der Waals surface area contributed by atoms with E-state index in [0.717, 1.165) is 24.4 Å². The lowest BCUT2D eigenvalue weighted by Crippen LogP contribution is -2.31. The zero-order valence-electron chi connectivity index (χ0n) is 10.6. The highest BCUT2D eigenvalue weighted by molar-refractivity contribution is 5.17. The smallest absolute Gasteiger partial charge is 0.123 e. The number of rotatable bonds is 7. The van der Waals surface area contributed by atoms with Gasteiger partial charge in [-0.15, -0.1) is 0 Å². The van der Waals surface area contributed by atoms with E-state index < -0.39 is 0 Å². The maximum absolute atomic E-state index is 13.1. The number of hydrogen-bond acceptors (Lipinski definition) is 1. The molecule has 1 aliphatic rings. The maximum atomic E-state index is 13.1. The van der Waals surface area contributed by atoms with Gasteiger partial charge in [0.05, 0.1) is 0 Å². The van der Waals surface area contributed by atoms with Crippen molar-refractivity contribution in [2.45, 2.75) is 45.1 Å². The van der Waals surface area contributed by atoms with E-state index in [4.69, 9.17) is 0 Å². The number of hydrogen-bond donors (Lipinski definition) is 1. The Morgan fingerprint density at radius 2 is 2.24 bits per heavy atom. The van der Waals surface area contributed by atoms with Gasteiger partial charge in [-0.2, -0.15) is 0 Å². The molecular formula is C15H22FN. The van der Waals surface area contributed by atoms with Gasteiger partial charge in [-0.3, -0.25) is 0 Å². The van der Waals surface area contributed by atoms with Gasteiger partial charge in [-0.05, 0) is 49.4 Å². The van der Waals surface area contributed by atoms with Crippen molar-refractivity contribution in [1.29, 1.82) is 0 Å². The van der Waals surface area contributed by atoms with E-state index in [1.54, 1.807) is 12.1 Å². The Balaban J connectivity index is 1.86. The molecule has 1 fully saturated rings. The first kappa shape index (κ1) is 12.6. The maximum Gasteiger partial charge on any atom is 0.123 e. The molecule has 1 nitrogen and oxygen atoms in total. The molecule has 1 aromatic carbocycles. The van der Waals surface area contributed by atoms with Gasteiger partial charge in [0.1, 0.15) is 5.82 Å². The molecule has 2 heteroatoms. The second-order valence-electron chi connectivity index (χ2n) is 5.11. The van der Waals surface area contributed by atoms with E-state index in [-0.39, 0.29) is 5.82 Å². The summed E-state index contributed by atoms with van der Waals surface area (Å²) in [6.07, 6.45) is 6.32. The number of halogens is 1. The van der Waals surface area contributed by atoms with Crippen molar-refractivity contribution in [2.24, 2.45) is 5.92 Å². The van der Waals surface area contributed by atoms with Gasteiger partial charge >= 0.3 is 0 Å². The average Bonchev–Trinajstić information content (AvgIpc) is 3.10. The fourth-order valence-corrected chi connectivity index (χ4v) is 2.36. The van der Waals surface area contributed by atoms with Crippen LogP contribution in [0.15, 0.2) is 24.3 Å². The predicted octanol–water partition coefficient (Wildman–Crippen LogP) is 3.54. The second-order valence-corrected chi connectivity index (χ2v) is 5.11. The summed E-state index contributed by atoms with van der Waals surface area (Å²) in [4.78, 5) is 0. The van der Waals surface area contributed by atoms with Crippen molar-refractivity contribution in [2.75, 3.05) is 6.54 Å². The van der Waals surface area contributed by atoms with Gasteiger partial charge in [0.15, 0.2) is 0 Å². The first-order chi connectivity index (χ1) is 8.28. The standard InChI is InChI=1S/C15H22FN/c1-2-17-15(9-8-12-6-7-12)11-13-4-3-5-14(16)10-13/h3-5,10,12,15,17H,2,6-9,11H2,1H3. The summed E-state index contributed by atoms with van der Waals surface area (Å²) in [5.41, 5.74) is 1.10. The molecular weight excluding hydrogens is 213 g/mol. The number of likely N-dealkylation sites (N-methyl/N-ethyl adjacent to an activating group) is 1. The molecule has 0 saturated heterocycles. The molecule has 2 rings (SSSR count). The van der Waals surface area contributed by atoms with Crippen LogP contribution in [-0.2, 0) is 6.42 Å². The van der Waals surface area contributed by atoms with Crippen molar-refractivity contribution < 1.29 is 4.39 Å². The van der Waals surface area contributed by atoms with E-state index in [9.17, 15) is 4.39 Å². The van der Waals surface area contributed by atoms with Crippen LogP contribution in [0.2, 0.25) is 0 Å². The molecule has 0 heterocycles. The lowest BCUT2D eigenvalue weighted by Gasteiger charge is -2.17.